The predicted octanol–water partition coefficient (Wildman–Crippen LogP) is 4.59. The molecule has 2 atom stereocenters. The van der Waals surface area contributed by atoms with Crippen LogP contribution in [0.1, 0.15) is 43.8 Å². The van der Waals surface area contributed by atoms with E-state index in [1.54, 1.807) is 0 Å². The predicted molar refractivity (Wildman–Crippen MR) is 103 cm³/mol. The number of hydrogen-bond acceptors (Lipinski definition) is 5. The van der Waals surface area contributed by atoms with Crippen LogP contribution in [0.15, 0.2) is 38.2 Å². The summed E-state index contributed by atoms with van der Waals surface area (Å²) in [6, 6.07) is 7.79. The molecule has 0 aliphatic carbocycles. The Kier molecular flexibility index (Phi) is 4.34. The van der Waals surface area contributed by atoms with Gasteiger partial charge in [-0.25, -0.2) is 10.4 Å². The van der Waals surface area contributed by atoms with E-state index in [0.717, 1.165) is 46.7 Å². The largest absolute Gasteiger partial charge is 0.466 e. The fraction of sp³-hybridized carbons (Fsp3) is 0.381. The fourth-order valence-electron chi connectivity index (χ4n) is 3.78. The van der Waals surface area contributed by atoms with Gasteiger partial charge in [-0.3, -0.25) is 4.79 Å². The molecule has 140 valence electrons. The van der Waals surface area contributed by atoms with Gasteiger partial charge < -0.3 is 8.83 Å². The zero-order chi connectivity index (χ0) is 19.1. The minimum atomic E-state index is -0.0555. The van der Waals surface area contributed by atoms with E-state index in [4.69, 9.17) is 8.83 Å². The molecule has 1 aliphatic rings. The second-order valence-electron chi connectivity index (χ2n) is 7.19. The van der Waals surface area contributed by atoms with Crippen molar-refractivity contribution in [2.24, 2.45) is 16.9 Å². The van der Waals surface area contributed by atoms with Crippen molar-refractivity contribution in [2.75, 3.05) is 0 Å². The van der Waals surface area contributed by atoms with E-state index in [1.165, 1.54) is 0 Å². The number of benzene rings is 1. The lowest BCUT2D eigenvalue weighted by Gasteiger charge is -2.27. The molecule has 0 radical (unpaired) electrons. The molecule has 6 nitrogen and oxygen atoms in total. The Morgan fingerprint density at radius 1 is 1.19 bits per heavy atom. The maximum atomic E-state index is 12.1. The van der Waals surface area contributed by atoms with Gasteiger partial charge in [0.05, 0.1) is 11.3 Å². The molecule has 3 aromatic rings. The number of nitrogens with one attached hydrogen (secondary N) is 1. The molecule has 0 saturated carbocycles. The van der Waals surface area contributed by atoms with Gasteiger partial charge in [-0.05, 0) is 38.5 Å². The molecule has 0 unspecified atom stereocenters. The van der Waals surface area contributed by atoms with E-state index in [1.807, 2.05) is 38.1 Å². The van der Waals surface area contributed by atoms with Crippen molar-refractivity contribution in [3.63, 3.8) is 0 Å². The maximum absolute atomic E-state index is 12.1. The molecule has 1 amide bonds. The van der Waals surface area contributed by atoms with Crippen molar-refractivity contribution in [1.29, 1.82) is 0 Å². The summed E-state index contributed by atoms with van der Waals surface area (Å²) in [4.78, 5) is 16.7. The summed E-state index contributed by atoms with van der Waals surface area (Å²) in [7, 11) is 0. The van der Waals surface area contributed by atoms with Gasteiger partial charge in [0.15, 0.2) is 5.58 Å². The third kappa shape index (κ3) is 3.05. The van der Waals surface area contributed by atoms with Gasteiger partial charge in [0.25, 0.3) is 0 Å². The van der Waals surface area contributed by atoms with Gasteiger partial charge in [0, 0.05) is 17.4 Å². The lowest BCUT2D eigenvalue weighted by Crippen LogP contribution is -2.40. The Hall–Kier alpha value is -2.89. The Morgan fingerprint density at radius 2 is 2.00 bits per heavy atom. The summed E-state index contributed by atoms with van der Waals surface area (Å²) in [6.45, 7) is 7.96. The molecule has 27 heavy (non-hydrogen) atoms. The number of fused-ring (bicyclic) bond motifs is 1. The molecular weight excluding hydrogens is 342 g/mol. The molecule has 0 saturated heterocycles. The Bertz CT molecular complexity index is 1040. The number of carbonyl (C=O) groups excluding carboxylic acids is 1. The third-order valence-corrected chi connectivity index (χ3v) is 5.21. The highest BCUT2D eigenvalue weighted by Gasteiger charge is 2.32. The summed E-state index contributed by atoms with van der Waals surface area (Å²) in [6.07, 6.45) is 1.81. The van der Waals surface area contributed by atoms with Crippen molar-refractivity contribution >= 4 is 22.7 Å². The van der Waals surface area contributed by atoms with Gasteiger partial charge in [0.2, 0.25) is 11.8 Å². The molecule has 6 heteroatoms. The standard InChI is InChI=1S/C21H23N3O3/c1-5-6-15-12(3)19(23-24-20(15)25)14-7-8-17-18(10-14)27-21(22-17)16-9-11(2)26-13(16)4/h7-10,12,15H,5-6H2,1-4H3,(H,24,25)/t12-,15-/m1/s1. The average molecular weight is 365 g/mol. The van der Waals surface area contributed by atoms with Crippen molar-refractivity contribution in [3.8, 4) is 11.5 Å². The third-order valence-electron chi connectivity index (χ3n) is 5.21. The van der Waals surface area contributed by atoms with Crippen LogP contribution in [0.4, 0.5) is 0 Å². The molecule has 1 aromatic carbocycles. The number of nitrogens with zero attached hydrogens (tertiary/aromatic N) is 2. The number of carbonyl (C=O) groups is 1. The minimum Gasteiger partial charge on any atom is -0.466 e. The molecule has 0 fully saturated rings. The van der Waals surface area contributed by atoms with Crippen molar-refractivity contribution in [3.05, 3.63) is 41.3 Å². The SMILES string of the molecule is CCC[C@H]1C(=O)NN=C(c2ccc3nc(-c4cc(C)oc4C)oc3c2)[C@@H]1C. The number of aryl methyl sites for hydroxylation is 2. The first kappa shape index (κ1) is 17.5. The van der Waals surface area contributed by atoms with Crippen LogP contribution in [0.2, 0.25) is 0 Å². The highest BCUT2D eigenvalue weighted by Crippen LogP contribution is 2.31. The number of hydrazone groups is 1. The van der Waals surface area contributed by atoms with Crippen LogP contribution in [0.5, 0.6) is 0 Å². The number of hydrogen-bond donors (Lipinski definition) is 1. The Balaban J connectivity index is 1.71. The van der Waals surface area contributed by atoms with E-state index in [2.05, 4.69) is 29.4 Å². The van der Waals surface area contributed by atoms with Crippen molar-refractivity contribution < 1.29 is 13.6 Å². The summed E-state index contributed by atoms with van der Waals surface area (Å²) in [5, 5.41) is 4.32. The first-order chi connectivity index (χ1) is 13.0. The van der Waals surface area contributed by atoms with Crippen LogP contribution >= 0.6 is 0 Å². The summed E-state index contributed by atoms with van der Waals surface area (Å²) in [5.74, 6) is 2.16. The zero-order valence-corrected chi connectivity index (χ0v) is 16.0. The maximum Gasteiger partial charge on any atom is 0.243 e. The van der Waals surface area contributed by atoms with Crippen molar-refractivity contribution in [2.45, 2.75) is 40.5 Å². The second-order valence-corrected chi connectivity index (χ2v) is 7.19. The van der Waals surface area contributed by atoms with Gasteiger partial charge in [0.1, 0.15) is 17.0 Å². The van der Waals surface area contributed by atoms with Crippen LogP contribution in [0.25, 0.3) is 22.6 Å². The number of aromatic nitrogens is 1. The van der Waals surface area contributed by atoms with Gasteiger partial charge in [-0.15, -0.1) is 0 Å². The number of oxazole rings is 1. The molecular formula is C21H23N3O3. The molecule has 3 heterocycles. The van der Waals surface area contributed by atoms with Crippen LogP contribution < -0.4 is 5.43 Å². The Labute approximate surface area is 157 Å². The smallest absolute Gasteiger partial charge is 0.243 e. The lowest BCUT2D eigenvalue weighted by atomic mass is 9.82. The van der Waals surface area contributed by atoms with E-state index >= 15 is 0 Å². The minimum absolute atomic E-state index is 0.00179. The molecule has 1 N–H and O–H groups in total. The first-order valence-electron chi connectivity index (χ1n) is 9.33. The number of rotatable bonds is 4. The molecule has 2 aromatic heterocycles. The topological polar surface area (TPSA) is 80.6 Å². The summed E-state index contributed by atoms with van der Waals surface area (Å²) < 4.78 is 11.6. The monoisotopic (exact) mass is 365 g/mol. The normalized spacial score (nSPS) is 20.0. The van der Waals surface area contributed by atoms with Crippen molar-refractivity contribution in [1.82, 2.24) is 10.4 Å². The molecule has 0 spiro atoms. The number of amides is 1. The molecule has 4 rings (SSSR count). The summed E-state index contributed by atoms with van der Waals surface area (Å²) >= 11 is 0. The lowest BCUT2D eigenvalue weighted by molar-refractivity contribution is -0.126. The van der Waals surface area contributed by atoms with E-state index < -0.39 is 0 Å². The van der Waals surface area contributed by atoms with Crippen LogP contribution in [0.3, 0.4) is 0 Å². The zero-order valence-electron chi connectivity index (χ0n) is 16.0. The van der Waals surface area contributed by atoms with E-state index in [0.29, 0.717) is 11.5 Å². The van der Waals surface area contributed by atoms with Crippen LogP contribution in [-0.4, -0.2) is 16.6 Å². The highest BCUT2D eigenvalue weighted by atomic mass is 16.4. The molecule has 0 bridgehead atoms. The highest BCUT2D eigenvalue weighted by molar-refractivity contribution is 6.07. The van der Waals surface area contributed by atoms with Gasteiger partial charge in [-0.1, -0.05) is 26.3 Å². The van der Waals surface area contributed by atoms with E-state index in [9.17, 15) is 4.79 Å². The van der Waals surface area contributed by atoms with E-state index in [-0.39, 0.29) is 17.7 Å². The van der Waals surface area contributed by atoms with Crippen LogP contribution in [-0.2, 0) is 4.79 Å². The first-order valence-corrected chi connectivity index (χ1v) is 9.33. The average Bonchev–Trinajstić information content (AvgIpc) is 3.20. The Morgan fingerprint density at radius 3 is 2.70 bits per heavy atom. The molecule has 1 aliphatic heterocycles. The quantitative estimate of drug-likeness (QED) is 0.733. The second kappa shape index (κ2) is 6.68. The summed E-state index contributed by atoms with van der Waals surface area (Å²) in [5.41, 5.74) is 6.84. The van der Waals surface area contributed by atoms with Gasteiger partial charge in [-0.2, -0.15) is 5.10 Å². The van der Waals surface area contributed by atoms with Gasteiger partial charge >= 0.3 is 0 Å². The number of furan rings is 1. The van der Waals surface area contributed by atoms with Crippen LogP contribution in [0, 0.1) is 25.7 Å². The fourth-order valence-corrected chi connectivity index (χ4v) is 3.78.